The first kappa shape index (κ1) is 24.5. The molecular formula is C24H43NO4. The number of hydrogen-bond acceptors (Lipinski definition) is 5. The van der Waals surface area contributed by atoms with Gasteiger partial charge in [-0.2, -0.15) is 0 Å². The number of aliphatic hydroxyl groups is 1. The van der Waals surface area contributed by atoms with Gasteiger partial charge in [-0.25, -0.2) is 0 Å². The lowest BCUT2D eigenvalue weighted by atomic mass is 9.85. The zero-order valence-electron chi connectivity index (χ0n) is 19.4. The molecule has 0 aromatic heterocycles. The van der Waals surface area contributed by atoms with Crippen LogP contribution in [0.15, 0.2) is 23.8 Å². The molecule has 0 spiro atoms. The molecule has 3 N–H and O–H groups in total. The number of nitrogens with two attached hydrogens (primary N) is 1. The summed E-state index contributed by atoms with van der Waals surface area (Å²) in [7, 11) is 1.65. The Kier molecular flexibility index (Phi) is 8.92. The van der Waals surface area contributed by atoms with E-state index in [1.165, 1.54) is 12.0 Å². The summed E-state index contributed by atoms with van der Waals surface area (Å²) in [6.45, 7) is 13.3. The summed E-state index contributed by atoms with van der Waals surface area (Å²) in [5.74, 6) is 1.09. The van der Waals surface area contributed by atoms with Crippen LogP contribution in [0.1, 0.15) is 60.8 Å². The van der Waals surface area contributed by atoms with Crippen molar-refractivity contribution in [3.8, 4) is 0 Å². The molecule has 5 nitrogen and oxygen atoms in total. The third-order valence-corrected chi connectivity index (χ3v) is 6.72. The number of methoxy groups -OCH3 is 1. The monoisotopic (exact) mass is 409 g/mol. The highest BCUT2D eigenvalue weighted by molar-refractivity contribution is 5.17. The van der Waals surface area contributed by atoms with Crippen LogP contribution in [0.25, 0.3) is 0 Å². The highest BCUT2D eigenvalue weighted by Crippen LogP contribution is 2.47. The van der Waals surface area contributed by atoms with Crippen molar-refractivity contribution in [3.05, 3.63) is 23.8 Å². The Bertz CT molecular complexity index is 575. The zero-order valence-corrected chi connectivity index (χ0v) is 19.4. The molecule has 2 heterocycles. The average Bonchev–Trinajstić information content (AvgIpc) is 3.32. The number of aliphatic hydroxyl groups excluding tert-OH is 1. The molecule has 0 saturated carbocycles. The highest BCUT2D eigenvalue weighted by Gasteiger charge is 2.56. The predicted molar refractivity (Wildman–Crippen MR) is 118 cm³/mol. The third kappa shape index (κ3) is 6.38. The van der Waals surface area contributed by atoms with Gasteiger partial charge in [-0.15, -0.1) is 0 Å². The summed E-state index contributed by atoms with van der Waals surface area (Å²) in [6, 6.07) is 0. The van der Waals surface area contributed by atoms with Gasteiger partial charge in [-0.3, -0.25) is 0 Å². The van der Waals surface area contributed by atoms with Gasteiger partial charge in [0, 0.05) is 19.6 Å². The van der Waals surface area contributed by atoms with Crippen LogP contribution in [0.2, 0.25) is 0 Å². The van der Waals surface area contributed by atoms with Crippen molar-refractivity contribution in [3.63, 3.8) is 0 Å². The van der Waals surface area contributed by atoms with Crippen molar-refractivity contribution >= 4 is 0 Å². The van der Waals surface area contributed by atoms with Gasteiger partial charge >= 0.3 is 0 Å². The molecule has 2 saturated heterocycles. The van der Waals surface area contributed by atoms with Crippen LogP contribution in [0.4, 0.5) is 0 Å². The van der Waals surface area contributed by atoms with Crippen molar-refractivity contribution in [2.24, 2.45) is 23.5 Å². The zero-order chi connectivity index (χ0) is 21.8. The first-order valence-corrected chi connectivity index (χ1v) is 11.2. The van der Waals surface area contributed by atoms with Gasteiger partial charge in [0.2, 0.25) is 0 Å². The van der Waals surface area contributed by atoms with Crippen LogP contribution in [0, 0.1) is 17.8 Å². The second-order valence-electron chi connectivity index (χ2n) is 9.60. The lowest BCUT2D eigenvalue weighted by molar-refractivity contribution is -0.0542. The van der Waals surface area contributed by atoms with Gasteiger partial charge in [0.15, 0.2) is 0 Å². The van der Waals surface area contributed by atoms with Gasteiger partial charge < -0.3 is 25.1 Å². The maximum Gasteiger partial charge on any atom is 0.0929 e. The van der Waals surface area contributed by atoms with Crippen molar-refractivity contribution < 1.29 is 19.3 Å². The molecule has 0 aliphatic carbocycles. The maximum atomic E-state index is 9.92. The number of allylic oxidation sites excluding steroid dienone is 3. The topological polar surface area (TPSA) is 77.2 Å². The molecule has 0 aromatic carbocycles. The van der Waals surface area contributed by atoms with Crippen molar-refractivity contribution in [1.29, 1.82) is 0 Å². The van der Waals surface area contributed by atoms with E-state index in [0.29, 0.717) is 18.4 Å². The summed E-state index contributed by atoms with van der Waals surface area (Å²) >= 11 is 0. The SMILES string of the molecule is COC(C(C)O)C(C)[C@H]1O[C@]1(C)CC(C)/C=C/C=C(\C)[C@H]1O[C@@H](CN)CC[C@@H]1C. The van der Waals surface area contributed by atoms with Crippen LogP contribution in [0.3, 0.4) is 0 Å². The number of hydrogen-bond donors (Lipinski definition) is 2. The average molecular weight is 410 g/mol. The quantitative estimate of drug-likeness (QED) is 0.423. The molecule has 9 atom stereocenters. The van der Waals surface area contributed by atoms with E-state index in [1.807, 2.05) is 0 Å². The number of ether oxygens (including phenoxy) is 3. The molecule has 5 heteroatoms. The summed E-state index contributed by atoms with van der Waals surface area (Å²) in [6.07, 6.45) is 9.53. The van der Waals surface area contributed by atoms with E-state index in [0.717, 1.165) is 12.8 Å². The van der Waals surface area contributed by atoms with Crippen LogP contribution in [-0.4, -0.2) is 54.9 Å². The Morgan fingerprint density at radius 2 is 2.00 bits per heavy atom. The Labute approximate surface area is 177 Å². The Morgan fingerprint density at radius 3 is 2.59 bits per heavy atom. The lowest BCUT2D eigenvalue weighted by Crippen LogP contribution is -2.38. The van der Waals surface area contributed by atoms with E-state index in [-0.39, 0.29) is 35.9 Å². The minimum atomic E-state index is -0.503. The normalized spacial score (nSPS) is 37.3. The summed E-state index contributed by atoms with van der Waals surface area (Å²) in [5.41, 5.74) is 6.91. The molecule has 168 valence electrons. The van der Waals surface area contributed by atoms with Gasteiger partial charge in [0.05, 0.1) is 36.1 Å². The molecule has 2 rings (SSSR count). The number of rotatable bonds is 10. The molecule has 29 heavy (non-hydrogen) atoms. The molecule has 4 unspecified atom stereocenters. The maximum absolute atomic E-state index is 9.92. The fraction of sp³-hybridized carbons (Fsp3) is 0.833. The second-order valence-corrected chi connectivity index (χ2v) is 9.60. The van der Waals surface area contributed by atoms with Gasteiger partial charge in [-0.1, -0.05) is 39.0 Å². The van der Waals surface area contributed by atoms with Gasteiger partial charge in [0.1, 0.15) is 0 Å². The van der Waals surface area contributed by atoms with E-state index < -0.39 is 6.10 Å². The van der Waals surface area contributed by atoms with E-state index in [1.54, 1.807) is 14.0 Å². The van der Waals surface area contributed by atoms with Crippen LogP contribution in [-0.2, 0) is 14.2 Å². The summed E-state index contributed by atoms with van der Waals surface area (Å²) < 4.78 is 17.7. The lowest BCUT2D eigenvalue weighted by Gasteiger charge is -2.35. The Morgan fingerprint density at radius 1 is 1.31 bits per heavy atom. The third-order valence-electron chi connectivity index (χ3n) is 6.72. The van der Waals surface area contributed by atoms with Gasteiger partial charge in [0.25, 0.3) is 0 Å². The van der Waals surface area contributed by atoms with Crippen molar-refractivity contribution in [2.45, 2.75) is 96.9 Å². The van der Waals surface area contributed by atoms with Crippen molar-refractivity contribution in [1.82, 2.24) is 0 Å². The molecule has 0 amide bonds. The number of epoxide rings is 1. The summed E-state index contributed by atoms with van der Waals surface area (Å²) in [4.78, 5) is 0. The Hall–Kier alpha value is -0.720. The van der Waals surface area contributed by atoms with E-state index in [9.17, 15) is 5.11 Å². The molecule has 0 bridgehead atoms. The minimum Gasteiger partial charge on any atom is -0.391 e. The van der Waals surface area contributed by atoms with E-state index in [4.69, 9.17) is 19.9 Å². The molecule has 0 aromatic rings. The molecule has 2 aliphatic rings. The second kappa shape index (κ2) is 10.5. The fourth-order valence-corrected chi connectivity index (χ4v) is 5.05. The van der Waals surface area contributed by atoms with Crippen molar-refractivity contribution in [2.75, 3.05) is 13.7 Å². The van der Waals surface area contributed by atoms with Crippen LogP contribution < -0.4 is 5.73 Å². The van der Waals surface area contributed by atoms with E-state index in [2.05, 4.69) is 52.8 Å². The standard InChI is InChI=1S/C24H43NO4/c1-15(13-24(6)23(29-24)18(4)22(27-7)19(5)26)9-8-10-16(2)21-17(3)11-12-20(14-25)28-21/h8-10,15,17-23,26H,11-14,25H2,1-7H3/b9-8+,16-10+/t15?,17-,18?,19?,20+,21+,22?,23+,24+/m0/s1. The smallest absolute Gasteiger partial charge is 0.0929 e. The Balaban J connectivity index is 1.88. The largest absolute Gasteiger partial charge is 0.391 e. The predicted octanol–water partition coefficient (Wildman–Crippen LogP) is 3.85. The first-order chi connectivity index (χ1) is 13.6. The first-order valence-electron chi connectivity index (χ1n) is 11.2. The highest BCUT2D eigenvalue weighted by atomic mass is 16.6. The minimum absolute atomic E-state index is 0.125. The van der Waals surface area contributed by atoms with Crippen LogP contribution >= 0.6 is 0 Å². The molecule has 2 aliphatic heterocycles. The molecular weight excluding hydrogens is 366 g/mol. The molecule has 2 fully saturated rings. The van der Waals surface area contributed by atoms with Crippen LogP contribution in [0.5, 0.6) is 0 Å². The van der Waals surface area contributed by atoms with E-state index >= 15 is 0 Å². The fourth-order valence-electron chi connectivity index (χ4n) is 5.05. The molecule has 0 radical (unpaired) electrons. The van der Waals surface area contributed by atoms with Gasteiger partial charge in [-0.05, 0) is 57.4 Å². The summed E-state index contributed by atoms with van der Waals surface area (Å²) in [5, 5.41) is 9.92.